The van der Waals surface area contributed by atoms with Gasteiger partial charge in [-0.1, -0.05) is 13.8 Å². The Morgan fingerprint density at radius 3 is 2.18 bits per heavy atom. The lowest BCUT2D eigenvalue weighted by atomic mass is 10.0. The highest BCUT2D eigenvalue weighted by atomic mass is 16.3. The van der Waals surface area contributed by atoms with Gasteiger partial charge in [0.15, 0.2) is 0 Å². The van der Waals surface area contributed by atoms with Crippen LogP contribution in [0.2, 0.25) is 0 Å². The number of nitrogens with zero attached hydrogens (tertiary/aromatic N) is 1. The number of carbonyl (C=O) groups excluding carboxylic acids is 2. The molecule has 5 heteroatoms. The summed E-state index contributed by atoms with van der Waals surface area (Å²) in [4.78, 5) is 24.0. The molecule has 0 atom stereocenters. The van der Waals surface area contributed by atoms with Crippen LogP contribution in [0.3, 0.4) is 0 Å². The average Bonchev–Trinajstić information content (AvgIpc) is 2.62. The van der Waals surface area contributed by atoms with Crippen LogP contribution in [0.5, 0.6) is 0 Å². The molecule has 0 fully saturated rings. The first-order chi connectivity index (χ1) is 7.90. The molecule has 0 aliphatic heterocycles. The highest BCUT2D eigenvalue weighted by Gasteiger charge is 2.23. The SMILES string of the molecule is CCCc1nc(C(C)(C)O)c(CC)[nH]1.O=C=O. The van der Waals surface area contributed by atoms with Gasteiger partial charge in [0.05, 0.1) is 5.69 Å². The van der Waals surface area contributed by atoms with Crippen molar-refractivity contribution in [2.45, 2.75) is 52.6 Å². The zero-order valence-electron chi connectivity index (χ0n) is 10.8. The molecular weight excluding hydrogens is 220 g/mol. The first-order valence-corrected chi connectivity index (χ1v) is 5.70. The van der Waals surface area contributed by atoms with Gasteiger partial charge in [-0.3, -0.25) is 0 Å². The second-order valence-corrected chi connectivity index (χ2v) is 4.26. The maximum Gasteiger partial charge on any atom is 0.373 e. The van der Waals surface area contributed by atoms with Gasteiger partial charge in [-0.05, 0) is 26.7 Å². The summed E-state index contributed by atoms with van der Waals surface area (Å²) in [7, 11) is 0. The van der Waals surface area contributed by atoms with E-state index in [9.17, 15) is 5.11 Å². The molecule has 0 radical (unpaired) electrons. The Kier molecular flexibility index (Phi) is 6.39. The number of hydrogen-bond donors (Lipinski definition) is 2. The molecule has 1 aromatic heterocycles. The molecule has 17 heavy (non-hydrogen) atoms. The molecule has 0 bridgehead atoms. The van der Waals surface area contributed by atoms with Gasteiger partial charge in [-0.15, -0.1) is 0 Å². The van der Waals surface area contributed by atoms with E-state index >= 15 is 0 Å². The number of aliphatic hydroxyl groups is 1. The minimum Gasteiger partial charge on any atom is -0.384 e. The number of aromatic nitrogens is 2. The normalized spacial score (nSPS) is 10.4. The van der Waals surface area contributed by atoms with Crippen molar-refractivity contribution in [2.24, 2.45) is 0 Å². The van der Waals surface area contributed by atoms with Gasteiger partial charge in [0.25, 0.3) is 0 Å². The number of aromatic amines is 1. The topological polar surface area (TPSA) is 83.1 Å². The molecule has 0 unspecified atom stereocenters. The van der Waals surface area contributed by atoms with E-state index in [2.05, 4.69) is 23.8 Å². The molecule has 2 N–H and O–H groups in total. The van der Waals surface area contributed by atoms with Gasteiger partial charge in [0, 0.05) is 12.1 Å². The van der Waals surface area contributed by atoms with E-state index in [0.717, 1.165) is 36.5 Å². The minimum absolute atomic E-state index is 0.250. The molecule has 0 aromatic carbocycles. The van der Waals surface area contributed by atoms with Gasteiger partial charge in [0.2, 0.25) is 0 Å². The average molecular weight is 240 g/mol. The Morgan fingerprint density at radius 1 is 1.35 bits per heavy atom. The molecule has 96 valence electrons. The molecule has 1 rings (SSSR count). The summed E-state index contributed by atoms with van der Waals surface area (Å²) in [6.45, 7) is 7.74. The van der Waals surface area contributed by atoms with Crippen LogP contribution in [0.4, 0.5) is 0 Å². The van der Waals surface area contributed by atoms with Gasteiger partial charge < -0.3 is 10.1 Å². The Labute approximate surface area is 101 Å². The molecular formula is C12H20N2O3. The lowest BCUT2D eigenvalue weighted by molar-refractivity contribution is -0.191. The summed E-state index contributed by atoms with van der Waals surface area (Å²) in [5, 5.41) is 9.90. The van der Waals surface area contributed by atoms with E-state index < -0.39 is 5.60 Å². The third-order valence-electron chi connectivity index (χ3n) is 2.25. The van der Waals surface area contributed by atoms with Gasteiger partial charge in [-0.2, -0.15) is 9.59 Å². The zero-order valence-corrected chi connectivity index (χ0v) is 10.8. The van der Waals surface area contributed by atoms with E-state index in [4.69, 9.17) is 9.59 Å². The predicted octanol–water partition coefficient (Wildman–Crippen LogP) is 1.57. The number of H-pyrrole nitrogens is 1. The van der Waals surface area contributed by atoms with Crippen LogP contribution in [0, 0.1) is 0 Å². The minimum atomic E-state index is -0.839. The fourth-order valence-corrected chi connectivity index (χ4v) is 1.58. The molecule has 1 heterocycles. The van der Waals surface area contributed by atoms with Crippen molar-refractivity contribution in [3.05, 3.63) is 17.2 Å². The third-order valence-corrected chi connectivity index (χ3v) is 2.25. The van der Waals surface area contributed by atoms with Crippen molar-refractivity contribution in [3.8, 4) is 0 Å². The fraction of sp³-hybridized carbons (Fsp3) is 0.667. The van der Waals surface area contributed by atoms with Crippen LogP contribution in [0.1, 0.15) is 51.3 Å². The maximum atomic E-state index is 9.90. The van der Waals surface area contributed by atoms with Crippen molar-refractivity contribution in [3.63, 3.8) is 0 Å². The lowest BCUT2D eigenvalue weighted by Crippen LogP contribution is -2.18. The summed E-state index contributed by atoms with van der Waals surface area (Å²) in [5.41, 5.74) is 1.01. The van der Waals surface area contributed by atoms with E-state index in [1.165, 1.54) is 0 Å². The second kappa shape index (κ2) is 6.99. The quantitative estimate of drug-likeness (QED) is 0.836. The lowest BCUT2D eigenvalue weighted by Gasteiger charge is -2.15. The number of aryl methyl sites for hydroxylation is 2. The Balaban J connectivity index is 0.000000770. The maximum absolute atomic E-state index is 9.90. The zero-order chi connectivity index (χ0) is 13.5. The molecule has 0 saturated heterocycles. The third kappa shape index (κ3) is 4.93. The summed E-state index contributed by atoms with van der Waals surface area (Å²) < 4.78 is 0. The van der Waals surface area contributed by atoms with Crippen LogP contribution < -0.4 is 0 Å². The smallest absolute Gasteiger partial charge is 0.373 e. The van der Waals surface area contributed by atoms with E-state index in [0.29, 0.717) is 0 Å². The van der Waals surface area contributed by atoms with Crippen LogP contribution in [0.15, 0.2) is 0 Å². The number of imidazole rings is 1. The van der Waals surface area contributed by atoms with Crippen molar-refractivity contribution < 1.29 is 14.7 Å². The largest absolute Gasteiger partial charge is 0.384 e. The molecule has 1 aromatic rings. The van der Waals surface area contributed by atoms with Crippen molar-refractivity contribution in [1.29, 1.82) is 0 Å². The van der Waals surface area contributed by atoms with Crippen molar-refractivity contribution >= 4 is 6.15 Å². The standard InChI is InChI=1S/C11H20N2O.CO2/c1-5-7-9-12-8(6-2)10(13-9)11(3,4)14;2-1-3/h14H,5-7H2,1-4H3,(H,12,13);. The molecule has 0 aliphatic carbocycles. The summed E-state index contributed by atoms with van der Waals surface area (Å²) >= 11 is 0. The first-order valence-electron chi connectivity index (χ1n) is 5.70. The highest BCUT2D eigenvalue weighted by Crippen LogP contribution is 2.22. The summed E-state index contributed by atoms with van der Waals surface area (Å²) in [6, 6.07) is 0. The molecule has 0 aliphatic rings. The number of hydrogen-bond acceptors (Lipinski definition) is 4. The molecule has 0 saturated carbocycles. The van der Waals surface area contributed by atoms with E-state index in [-0.39, 0.29) is 6.15 Å². The molecule has 0 spiro atoms. The van der Waals surface area contributed by atoms with E-state index in [1.54, 1.807) is 13.8 Å². The highest BCUT2D eigenvalue weighted by molar-refractivity contribution is 5.20. The van der Waals surface area contributed by atoms with E-state index in [1.807, 2.05) is 0 Å². The Bertz CT molecular complexity index is 372. The monoisotopic (exact) mass is 240 g/mol. The van der Waals surface area contributed by atoms with Crippen molar-refractivity contribution in [1.82, 2.24) is 9.97 Å². The molecule has 0 amide bonds. The molecule has 5 nitrogen and oxygen atoms in total. The Morgan fingerprint density at radius 2 is 1.88 bits per heavy atom. The fourth-order valence-electron chi connectivity index (χ4n) is 1.58. The van der Waals surface area contributed by atoms with Crippen LogP contribution >= 0.6 is 0 Å². The van der Waals surface area contributed by atoms with Crippen LogP contribution in [0.25, 0.3) is 0 Å². The summed E-state index contributed by atoms with van der Waals surface area (Å²) in [6.07, 6.45) is 3.15. The van der Waals surface area contributed by atoms with Crippen LogP contribution in [-0.2, 0) is 28.0 Å². The second-order valence-electron chi connectivity index (χ2n) is 4.26. The van der Waals surface area contributed by atoms with Gasteiger partial charge >= 0.3 is 6.15 Å². The number of nitrogens with one attached hydrogen (secondary N) is 1. The Hall–Kier alpha value is -1.45. The summed E-state index contributed by atoms with van der Waals surface area (Å²) in [5.74, 6) is 0.987. The number of rotatable bonds is 4. The van der Waals surface area contributed by atoms with Gasteiger partial charge in [0.1, 0.15) is 11.4 Å². The van der Waals surface area contributed by atoms with Crippen molar-refractivity contribution in [2.75, 3.05) is 0 Å². The van der Waals surface area contributed by atoms with Crippen LogP contribution in [-0.4, -0.2) is 21.2 Å². The van der Waals surface area contributed by atoms with Gasteiger partial charge in [-0.25, -0.2) is 4.98 Å². The predicted molar refractivity (Wildman–Crippen MR) is 62.2 cm³/mol. The first kappa shape index (κ1) is 15.6.